The zero-order valence-corrected chi connectivity index (χ0v) is 18.4. The summed E-state index contributed by atoms with van der Waals surface area (Å²) in [5.41, 5.74) is 0.821. The van der Waals surface area contributed by atoms with Gasteiger partial charge in [-0.3, -0.25) is 10.1 Å². The summed E-state index contributed by atoms with van der Waals surface area (Å²) in [5, 5.41) is 10.7. The lowest BCUT2D eigenvalue weighted by molar-refractivity contribution is 0.102. The number of hydrogen-bond donors (Lipinski definition) is 1. The number of hydrogen-bond acceptors (Lipinski definition) is 6. The van der Waals surface area contributed by atoms with Gasteiger partial charge in [0.1, 0.15) is 0 Å². The number of amides is 1. The van der Waals surface area contributed by atoms with Gasteiger partial charge in [0.05, 0.1) is 15.5 Å². The van der Waals surface area contributed by atoms with E-state index in [4.69, 9.17) is 16.0 Å². The molecule has 31 heavy (non-hydrogen) atoms. The first-order valence-electron chi connectivity index (χ1n) is 9.88. The van der Waals surface area contributed by atoms with E-state index in [0.29, 0.717) is 17.1 Å². The minimum Gasteiger partial charge on any atom is -0.403 e. The maximum atomic E-state index is 12.9. The Balaban J connectivity index is 1.47. The average molecular weight is 461 g/mol. The normalized spacial score (nSPS) is 17.4. The number of rotatable bonds is 5. The van der Waals surface area contributed by atoms with Crippen LogP contribution in [0.2, 0.25) is 5.02 Å². The minimum atomic E-state index is -3.60. The molecule has 1 atom stereocenters. The van der Waals surface area contributed by atoms with E-state index in [1.165, 1.54) is 28.6 Å². The van der Waals surface area contributed by atoms with E-state index in [1.807, 2.05) is 6.92 Å². The second-order valence-electron chi connectivity index (χ2n) is 7.33. The standard InChI is InChI=1S/C21H21ClN4O4S/c1-14-6-4-5-13-26(14)31(28,29)16-11-9-15(10-12-16)19(27)23-21-25-24-20(30-21)17-7-2-3-8-18(17)22/h2-3,7-12,14H,4-6,13H2,1H3,(H,23,25,27)/t14-/m0/s1. The highest BCUT2D eigenvalue weighted by Gasteiger charge is 2.31. The van der Waals surface area contributed by atoms with Crippen LogP contribution in [0.5, 0.6) is 0 Å². The number of sulfonamides is 1. The van der Waals surface area contributed by atoms with E-state index < -0.39 is 15.9 Å². The van der Waals surface area contributed by atoms with Gasteiger partial charge in [0.15, 0.2) is 0 Å². The van der Waals surface area contributed by atoms with Crippen LogP contribution in [0.15, 0.2) is 57.8 Å². The molecule has 1 saturated heterocycles. The lowest BCUT2D eigenvalue weighted by atomic mass is 10.1. The van der Waals surface area contributed by atoms with E-state index in [-0.39, 0.29) is 28.4 Å². The van der Waals surface area contributed by atoms with Crippen LogP contribution in [-0.2, 0) is 10.0 Å². The first-order chi connectivity index (χ1) is 14.9. The molecule has 10 heteroatoms. The molecule has 0 spiro atoms. The van der Waals surface area contributed by atoms with Crippen molar-refractivity contribution < 1.29 is 17.6 Å². The molecule has 0 unspecified atom stereocenters. The molecule has 8 nitrogen and oxygen atoms in total. The molecule has 1 fully saturated rings. The fraction of sp³-hybridized carbons (Fsp3) is 0.286. The first kappa shape index (κ1) is 21.5. The van der Waals surface area contributed by atoms with Crippen LogP contribution in [0.25, 0.3) is 11.5 Å². The number of anilines is 1. The third-order valence-corrected chi connectivity index (χ3v) is 7.57. The van der Waals surface area contributed by atoms with Crippen molar-refractivity contribution in [2.75, 3.05) is 11.9 Å². The predicted octanol–water partition coefficient (Wildman–Crippen LogP) is 4.21. The molecular weight excluding hydrogens is 440 g/mol. The maximum Gasteiger partial charge on any atom is 0.322 e. The van der Waals surface area contributed by atoms with Crippen molar-refractivity contribution in [2.45, 2.75) is 37.1 Å². The van der Waals surface area contributed by atoms with Gasteiger partial charge in [0.25, 0.3) is 11.8 Å². The van der Waals surface area contributed by atoms with Crippen molar-refractivity contribution in [1.29, 1.82) is 0 Å². The molecule has 1 aromatic heterocycles. The zero-order valence-electron chi connectivity index (χ0n) is 16.8. The van der Waals surface area contributed by atoms with Crippen molar-refractivity contribution in [1.82, 2.24) is 14.5 Å². The largest absolute Gasteiger partial charge is 0.403 e. The second-order valence-corrected chi connectivity index (χ2v) is 9.63. The number of benzene rings is 2. The molecule has 162 valence electrons. The highest BCUT2D eigenvalue weighted by molar-refractivity contribution is 7.89. The third kappa shape index (κ3) is 4.48. The minimum absolute atomic E-state index is 0.0356. The second kappa shape index (κ2) is 8.78. The van der Waals surface area contributed by atoms with Gasteiger partial charge in [-0.2, -0.15) is 4.31 Å². The lowest BCUT2D eigenvalue weighted by Crippen LogP contribution is -2.41. The Morgan fingerprint density at radius 1 is 1.13 bits per heavy atom. The SMILES string of the molecule is C[C@H]1CCCCN1S(=O)(=O)c1ccc(C(=O)Nc2nnc(-c3ccccc3Cl)o2)cc1. The molecule has 0 aliphatic carbocycles. The Morgan fingerprint density at radius 3 is 2.58 bits per heavy atom. The number of aromatic nitrogens is 2. The number of halogens is 1. The monoisotopic (exact) mass is 460 g/mol. The van der Waals surface area contributed by atoms with Crippen molar-refractivity contribution in [3.63, 3.8) is 0 Å². The van der Waals surface area contributed by atoms with Crippen LogP contribution in [0.4, 0.5) is 6.01 Å². The van der Waals surface area contributed by atoms with Gasteiger partial charge in [-0.15, -0.1) is 5.10 Å². The van der Waals surface area contributed by atoms with Gasteiger partial charge in [-0.1, -0.05) is 35.3 Å². The van der Waals surface area contributed by atoms with E-state index in [0.717, 1.165) is 19.3 Å². The Labute approximate surface area is 185 Å². The molecule has 1 amide bonds. The predicted molar refractivity (Wildman–Crippen MR) is 116 cm³/mol. The van der Waals surface area contributed by atoms with Gasteiger partial charge in [-0.05, 0) is 56.2 Å². The van der Waals surface area contributed by atoms with Crippen molar-refractivity contribution in [3.8, 4) is 11.5 Å². The summed E-state index contributed by atoms with van der Waals surface area (Å²) in [6.45, 7) is 2.43. The van der Waals surface area contributed by atoms with Crippen molar-refractivity contribution >= 4 is 33.5 Å². The number of nitrogens with zero attached hydrogens (tertiary/aromatic N) is 3. The maximum absolute atomic E-state index is 12.9. The Morgan fingerprint density at radius 2 is 1.87 bits per heavy atom. The number of carbonyl (C=O) groups is 1. The summed E-state index contributed by atoms with van der Waals surface area (Å²) in [7, 11) is -3.60. The Kier molecular flexibility index (Phi) is 6.08. The van der Waals surface area contributed by atoms with Gasteiger partial charge >= 0.3 is 6.01 Å². The molecule has 0 bridgehead atoms. The molecular formula is C21H21ClN4O4S. The van der Waals surface area contributed by atoms with Crippen LogP contribution in [0.1, 0.15) is 36.5 Å². The average Bonchev–Trinajstić information content (AvgIpc) is 3.22. The van der Waals surface area contributed by atoms with E-state index in [2.05, 4.69) is 15.5 Å². The fourth-order valence-electron chi connectivity index (χ4n) is 3.53. The quantitative estimate of drug-likeness (QED) is 0.611. The summed E-state index contributed by atoms with van der Waals surface area (Å²) >= 11 is 6.12. The Bertz CT molecular complexity index is 1190. The lowest BCUT2D eigenvalue weighted by Gasteiger charge is -2.32. The molecule has 0 saturated carbocycles. The third-order valence-electron chi connectivity index (χ3n) is 5.21. The summed E-state index contributed by atoms with van der Waals surface area (Å²) in [6.07, 6.45) is 2.73. The summed E-state index contributed by atoms with van der Waals surface area (Å²) in [4.78, 5) is 12.7. The fourth-order valence-corrected chi connectivity index (χ4v) is 5.45. The van der Waals surface area contributed by atoms with Crippen molar-refractivity contribution in [3.05, 3.63) is 59.1 Å². The molecule has 2 heterocycles. The first-order valence-corrected chi connectivity index (χ1v) is 11.7. The van der Waals surface area contributed by atoms with E-state index >= 15 is 0 Å². The van der Waals surface area contributed by atoms with Crippen LogP contribution >= 0.6 is 11.6 Å². The van der Waals surface area contributed by atoms with Crippen molar-refractivity contribution in [2.24, 2.45) is 0 Å². The van der Waals surface area contributed by atoms with Gasteiger partial charge < -0.3 is 4.42 Å². The van der Waals surface area contributed by atoms with Crippen LogP contribution in [0, 0.1) is 0 Å². The van der Waals surface area contributed by atoms with Crippen LogP contribution < -0.4 is 5.32 Å². The van der Waals surface area contributed by atoms with Crippen LogP contribution in [-0.4, -0.2) is 41.4 Å². The van der Waals surface area contributed by atoms with Crippen LogP contribution in [0.3, 0.4) is 0 Å². The number of carbonyl (C=O) groups excluding carboxylic acids is 1. The van der Waals surface area contributed by atoms with Gasteiger partial charge in [-0.25, -0.2) is 8.42 Å². The highest BCUT2D eigenvalue weighted by Crippen LogP contribution is 2.28. The topological polar surface area (TPSA) is 105 Å². The highest BCUT2D eigenvalue weighted by atomic mass is 35.5. The summed E-state index contributed by atoms with van der Waals surface area (Å²) in [5.74, 6) is -0.317. The molecule has 1 aliphatic rings. The smallest absolute Gasteiger partial charge is 0.322 e. The molecule has 0 radical (unpaired) electrons. The molecule has 1 aliphatic heterocycles. The van der Waals surface area contributed by atoms with Gasteiger partial charge in [0, 0.05) is 18.2 Å². The molecule has 4 rings (SSSR count). The molecule has 1 N–H and O–H groups in total. The zero-order chi connectivity index (χ0) is 22.0. The number of piperidine rings is 1. The Hall–Kier alpha value is -2.75. The summed E-state index contributed by atoms with van der Waals surface area (Å²) in [6, 6.07) is 12.7. The summed E-state index contributed by atoms with van der Waals surface area (Å²) < 4.78 is 32.8. The van der Waals surface area contributed by atoms with Gasteiger partial charge in [0.2, 0.25) is 10.0 Å². The van der Waals surface area contributed by atoms with E-state index in [1.54, 1.807) is 24.3 Å². The molecule has 3 aromatic rings. The van der Waals surface area contributed by atoms with E-state index in [9.17, 15) is 13.2 Å². The molecule has 2 aromatic carbocycles. The number of nitrogens with one attached hydrogen (secondary N) is 1.